The summed E-state index contributed by atoms with van der Waals surface area (Å²) in [6.07, 6.45) is -1.30. The Morgan fingerprint density at radius 2 is 1.51 bits per heavy atom. The van der Waals surface area contributed by atoms with Gasteiger partial charge in [-0.25, -0.2) is 9.59 Å². The number of rotatable bonds is 7. The Bertz CT molecular complexity index is 1340. The fraction of sp³-hybridized carbons (Fsp3) is 0.323. The third-order valence-corrected chi connectivity index (χ3v) is 7.48. The Hall–Kier alpha value is -4.17. The third-order valence-electron chi connectivity index (χ3n) is 7.48. The van der Waals surface area contributed by atoms with Crippen LogP contribution in [0.4, 0.5) is 4.79 Å². The van der Waals surface area contributed by atoms with E-state index in [-0.39, 0.29) is 18.9 Å². The topological polar surface area (TPSA) is 105 Å². The molecule has 0 radical (unpaired) electrons. The number of carbonyl (C=O) groups excluding carboxylic acids is 2. The lowest BCUT2D eigenvalue weighted by molar-refractivity contribution is -0.156. The van der Waals surface area contributed by atoms with Crippen LogP contribution in [0.25, 0.3) is 11.1 Å². The van der Waals surface area contributed by atoms with Gasteiger partial charge in [-0.15, -0.1) is 0 Å². The Morgan fingerprint density at radius 1 is 0.949 bits per heavy atom. The number of hydrogen-bond donors (Lipinski definition) is 2. The van der Waals surface area contributed by atoms with Crippen molar-refractivity contribution in [2.45, 2.75) is 57.0 Å². The first-order valence-corrected chi connectivity index (χ1v) is 13.1. The van der Waals surface area contributed by atoms with Crippen LogP contribution in [0.5, 0.6) is 0 Å². The van der Waals surface area contributed by atoms with E-state index >= 15 is 0 Å². The Morgan fingerprint density at radius 3 is 2.10 bits per heavy atom. The number of carbonyl (C=O) groups is 3. The molecule has 1 unspecified atom stereocenters. The van der Waals surface area contributed by atoms with Crippen molar-refractivity contribution in [3.8, 4) is 11.1 Å². The van der Waals surface area contributed by atoms with E-state index in [9.17, 15) is 19.5 Å². The number of nitrogens with one attached hydrogen (secondary N) is 1. The fourth-order valence-electron chi connectivity index (χ4n) is 5.83. The van der Waals surface area contributed by atoms with Gasteiger partial charge in [0.15, 0.2) is 6.04 Å². The largest absolute Gasteiger partial charge is 0.480 e. The predicted molar refractivity (Wildman–Crippen MR) is 145 cm³/mol. The summed E-state index contributed by atoms with van der Waals surface area (Å²) in [4.78, 5) is 40.3. The number of amides is 2. The van der Waals surface area contributed by atoms with Crippen LogP contribution < -0.4 is 5.32 Å². The highest BCUT2D eigenvalue weighted by atomic mass is 16.6. The highest BCUT2D eigenvalue weighted by molar-refractivity contribution is 5.91. The number of benzene rings is 3. The van der Waals surface area contributed by atoms with Gasteiger partial charge in [-0.05, 0) is 48.6 Å². The molecule has 0 aromatic heterocycles. The summed E-state index contributed by atoms with van der Waals surface area (Å²) in [6, 6.07) is 23.1. The highest BCUT2D eigenvalue weighted by Crippen LogP contribution is 2.44. The maximum absolute atomic E-state index is 13.9. The molecule has 0 bridgehead atoms. The Balaban J connectivity index is 1.36. The van der Waals surface area contributed by atoms with Crippen LogP contribution in [-0.2, 0) is 25.5 Å². The molecule has 1 saturated heterocycles. The molecule has 2 aliphatic rings. The lowest BCUT2D eigenvalue weighted by Crippen LogP contribution is -2.58. The number of alkyl carbamates (subject to hydrolysis) is 1. The molecule has 39 heavy (non-hydrogen) atoms. The van der Waals surface area contributed by atoms with E-state index in [1.165, 1.54) is 4.90 Å². The zero-order valence-electron chi connectivity index (χ0n) is 22.2. The maximum Gasteiger partial charge on any atom is 0.407 e. The zero-order valence-corrected chi connectivity index (χ0v) is 22.2. The molecule has 1 aliphatic carbocycles. The minimum atomic E-state index is -1.19. The number of aliphatic carboxylic acids is 1. The molecule has 202 valence electrons. The van der Waals surface area contributed by atoms with E-state index in [2.05, 4.69) is 17.4 Å². The number of carboxylic acids is 1. The van der Waals surface area contributed by atoms with Crippen molar-refractivity contribution < 1.29 is 29.0 Å². The summed E-state index contributed by atoms with van der Waals surface area (Å²) >= 11 is 0. The van der Waals surface area contributed by atoms with E-state index in [1.807, 2.05) is 66.7 Å². The second kappa shape index (κ2) is 10.5. The number of carboxylic acid groups (broad SMARTS) is 1. The summed E-state index contributed by atoms with van der Waals surface area (Å²) < 4.78 is 11.5. The van der Waals surface area contributed by atoms with Crippen LogP contribution in [-0.4, -0.2) is 58.5 Å². The second-order valence-electron chi connectivity index (χ2n) is 10.5. The minimum Gasteiger partial charge on any atom is -0.480 e. The van der Waals surface area contributed by atoms with E-state index in [0.717, 1.165) is 27.8 Å². The molecule has 0 spiro atoms. The van der Waals surface area contributed by atoms with Gasteiger partial charge in [0.1, 0.15) is 18.4 Å². The van der Waals surface area contributed by atoms with Crippen LogP contribution in [0.15, 0.2) is 78.9 Å². The van der Waals surface area contributed by atoms with Gasteiger partial charge >= 0.3 is 12.1 Å². The summed E-state index contributed by atoms with van der Waals surface area (Å²) in [7, 11) is 0. The van der Waals surface area contributed by atoms with Gasteiger partial charge in [0.05, 0.1) is 6.10 Å². The van der Waals surface area contributed by atoms with Crippen LogP contribution in [0.2, 0.25) is 0 Å². The second-order valence-corrected chi connectivity index (χ2v) is 10.5. The zero-order chi connectivity index (χ0) is 27.7. The van der Waals surface area contributed by atoms with Crippen molar-refractivity contribution in [2.24, 2.45) is 0 Å². The standard InChI is InChI=1S/C31H32N2O6/c1-19-27(29(35)36)33(31(2,3)39-19)28(34)26(17-20-11-5-4-6-12-20)32-30(37)38-18-25-23-15-9-7-13-21(23)22-14-8-10-16-24(22)25/h4-16,19,25-27H,17-18H2,1-3H3,(H,32,37)(H,35,36)/t19?,26-,27-/m0/s1. The summed E-state index contributed by atoms with van der Waals surface area (Å²) in [5.74, 6) is -1.84. The third kappa shape index (κ3) is 5.12. The van der Waals surface area contributed by atoms with Gasteiger partial charge in [0, 0.05) is 12.3 Å². The van der Waals surface area contributed by atoms with Gasteiger partial charge < -0.3 is 19.9 Å². The van der Waals surface area contributed by atoms with Gasteiger partial charge in [0.25, 0.3) is 0 Å². The SMILES string of the molecule is CC1OC(C)(C)N(C(=O)[C@H](Cc2ccccc2)NC(=O)OCC2c3ccccc3-c3ccccc32)[C@@H]1C(=O)O. The molecular formula is C31H32N2O6. The normalized spacial score (nSPS) is 20.1. The molecule has 1 heterocycles. The molecule has 3 atom stereocenters. The molecule has 2 amide bonds. The molecule has 0 saturated carbocycles. The maximum atomic E-state index is 13.9. The Kier molecular flexibility index (Phi) is 7.14. The highest BCUT2D eigenvalue weighted by Gasteiger charge is 2.53. The summed E-state index contributed by atoms with van der Waals surface area (Å²) in [5, 5.41) is 12.6. The van der Waals surface area contributed by atoms with E-state index in [4.69, 9.17) is 9.47 Å². The van der Waals surface area contributed by atoms with Crippen molar-refractivity contribution in [3.63, 3.8) is 0 Å². The molecule has 8 nitrogen and oxygen atoms in total. The first-order valence-electron chi connectivity index (χ1n) is 13.1. The van der Waals surface area contributed by atoms with Crippen LogP contribution in [0, 0.1) is 0 Å². The van der Waals surface area contributed by atoms with Crippen molar-refractivity contribution in [1.82, 2.24) is 10.2 Å². The monoisotopic (exact) mass is 528 g/mol. The molecular weight excluding hydrogens is 496 g/mol. The first-order chi connectivity index (χ1) is 18.7. The molecule has 3 aromatic carbocycles. The van der Waals surface area contributed by atoms with Gasteiger partial charge in [0.2, 0.25) is 5.91 Å². The van der Waals surface area contributed by atoms with Crippen molar-refractivity contribution in [2.75, 3.05) is 6.61 Å². The molecule has 8 heteroatoms. The Labute approximate surface area is 227 Å². The smallest absolute Gasteiger partial charge is 0.407 e. The van der Waals surface area contributed by atoms with Gasteiger partial charge in [-0.2, -0.15) is 0 Å². The average Bonchev–Trinajstić information content (AvgIpc) is 3.36. The first kappa shape index (κ1) is 26.4. The summed E-state index contributed by atoms with van der Waals surface area (Å²) in [5.41, 5.74) is 4.04. The molecule has 2 N–H and O–H groups in total. The lowest BCUT2D eigenvalue weighted by Gasteiger charge is -2.35. The quantitative estimate of drug-likeness (QED) is 0.465. The number of ether oxygens (including phenoxy) is 2. The fourth-order valence-corrected chi connectivity index (χ4v) is 5.83. The molecule has 1 aliphatic heterocycles. The molecule has 5 rings (SSSR count). The van der Waals surface area contributed by atoms with E-state index in [0.29, 0.717) is 0 Å². The van der Waals surface area contributed by atoms with Crippen molar-refractivity contribution >= 4 is 18.0 Å². The number of nitrogens with zero attached hydrogens (tertiary/aromatic N) is 1. The predicted octanol–water partition coefficient (Wildman–Crippen LogP) is 4.57. The van der Waals surface area contributed by atoms with Crippen LogP contribution in [0.1, 0.15) is 43.4 Å². The van der Waals surface area contributed by atoms with E-state index < -0.39 is 41.9 Å². The van der Waals surface area contributed by atoms with Crippen LogP contribution in [0.3, 0.4) is 0 Å². The molecule has 1 fully saturated rings. The summed E-state index contributed by atoms with van der Waals surface area (Å²) in [6.45, 7) is 5.02. The van der Waals surface area contributed by atoms with Crippen LogP contribution >= 0.6 is 0 Å². The number of fused-ring (bicyclic) bond motifs is 3. The van der Waals surface area contributed by atoms with E-state index in [1.54, 1.807) is 20.8 Å². The average molecular weight is 529 g/mol. The van der Waals surface area contributed by atoms with Crippen molar-refractivity contribution in [3.05, 3.63) is 95.6 Å². The van der Waals surface area contributed by atoms with Gasteiger partial charge in [-0.3, -0.25) is 9.69 Å². The van der Waals surface area contributed by atoms with Gasteiger partial charge in [-0.1, -0.05) is 78.9 Å². The molecule has 3 aromatic rings. The number of hydrogen-bond acceptors (Lipinski definition) is 5. The minimum absolute atomic E-state index is 0.0964. The lowest BCUT2D eigenvalue weighted by atomic mass is 9.98. The van der Waals surface area contributed by atoms with Crippen molar-refractivity contribution in [1.29, 1.82) is 0 Å².